The van der Waals surface area contributed by atoms with Crippen molar-refractivity contribution < 1.29 is 9.53 Å². The fourth-order valence-electron chi connectivity index (χ4n) is 1.98. The van der Waals surface area contributed by atoms with E-state index in [0.29, 0.717) is 24.6 Å². The van der Waals surface area contributed by atoms with Gasteiger partial charge < -0.3 is 15.4 Å². The third-order valence-electron chi connectivity index (χ3n) is 3.00. The average molecular weight is 234 g/mol. The van der Waals surface area contributed by atoms with Gasteiger partial charge in [0.1, 0.15) is 12.4 Å². The second-order valence-electron chi connectivity index (χ2n) is 4.95. The van der Waals surface area contributed by atoms with Crippen LogP contribution in [0.5, 0.6) is 5.75 Å². The molecule has 1 amide bonds. The summed E-state index contributed by atoms with van der Waals surface area (Å²) < 4.78 is 5.70. The molecule has 92 valence electrons. The van der Waals surface area contributed by atoms with Gasteiger partial charge in [-0.3, -0.25) is 4.79 Å². The molecule has 1 aliphatic rings. The molecular formula is C13H18N2O2. The van der Waals surface area contributed by atoms with E-state index in [0.717, 1.165) is 5.69 Å². The lowest BCUT2D eigenvalue weighted by atomic mass is 9.93. The number of rotatable bonds is 1. The van der Waals surface area contributed by atoms with Crippen molar-refractivity contribution in [3.8, 4) is 5.75 Å². The molecule has 2 N–H and O–H groups in total. The summed E-state index contributed by atoms with van der Waals surface area (Å²) in [6.45, 7) is 6.75. The smallest absolute Gasteiger partial charge is 0.236 e. The van der Waals surface area contributed by atoms with Gasteiger partial charge in [0.05, 0.1) is 11.1 Å². The normalized spacial score (nSPS) is 18.3. The van der Waals surface area contributed by atoms with E-state index in [-0.39, 0.29) is 5.91 Å². The van der Waals surface area contributed by atoms with Gasteiger partial charge >= 0.3 is 0 Å². The number of anilines is 2. The molecule has 4 nitrogen and oxygen atoms in total. The van der Waals surface area contributed by atoms with Crippen LogP contribution in [-0.2, 0) is 4.79 Å². The molecule has 1 aromatic rings. The first-order chi connectivity index (χ1) is 7.95. The SMILES string of the molecule is CCN1C(=O)C(C)(C)COc2cc(N)ccc21. The molecule has 1 aliphatic heterocycles. The van der Waals surface area contributed by atoms with Crippen LogP contribution < -0.4 is 15.4 Å². The first-order valence-electron chi connectivity index (χ1n) is 5.80. The van der Waals surface area contributed by atoms with Gasteiger partial charge in [-0.2, -0.15) is 0 Å². The van der Waals surface area contributed by atoms with Crippen LogP contribution in [0.15, 0.2) is 18.2 Å². The largest absolute Gasteiger partial charge is 0.490 e. The van der Waals surface area contributed by atoms with Crippen LogP contribution >= 0.6 is 0 Å². The minimum atomic E-state index is -0.510. The van der Waals surface area contributed by atoms with Gasteiger partial charge in [0.15, 0.2) is 0 Å². The number of hydrogen-bond donors (Lipinski definition) is 1. The summed E-state index contributed by atoms with van der Waals surface area (Å²) in [5, 5.41) is 0. The molecule has 17 heavy (non-hydrogen) atoms. The molecular weight excluding hydrogens is 216 g/mol. The van der Waals surface area contributed by atoms with Crippen LogP contribution in [0.25, 0.3) is 0 Å². The molecule has 4 heteroatoms. The maximum absolute atomic E-state index is 12.4. The summed E-state index contributed by atoms with van der Waals surface area (Å²) in [6, 6.07) is 5.40. The number of amides is 1. The Bertz CT molecular complexity index is 455. The molecule has 1 heterocycles. The number of nitrogen functional groups attached to an aromatic ring is 1. The molecule has 0 atom stereocenters. The van der Waals surface area contributed by atoms with E-state index in [4.69, 9.17) is 10.5 Å². The Kier molecular flexibility index (Phi) is 2.73. The van der Waals surface area contributed by atoms with Crippen LogP contribution in [-0.4, -0.2) is 19.1 Å². The molecule has 0 fully saturated rings. The number of hydrogen-bond acceptors (Lipinski definition) is 3. The van der Waals surface area contributed by atoms with E-state index in [1.165, 1.54) is 0 Å². The summed E-state index contributed by atoms with van der Waals surface area (Å²) in [5.41, 5.74) is 6.68. The van der Waals surface area contributed by atoms with E-state index >= 15 is 0 Å². The lowest BCUT2D eigenvalue weighted by Crippen LogP contribution is -2.42. The van der Waals surface area contributed by atoms with Crippen molar-refractivity contribution in [2.75, 3.05) is 23.8 Å². The number of fused-ring (bicyclic) bond motifs is 1. The molecule has 0 unspecified atom stereocenters. The third-order valence-corrected chi connectivity index (χ3v) is 3.00. The van der Waals surface area contributed by atoms with E-state index in [2.05, 4.69) is 0 Å². The number of nitrogens with two attached hydrogens (primary N) is 1. The maximum Gasteiger partial charge on any atom is 0.236 e. The van der Waals surface area contributed by atoms with Gasteiger partial charge in [-0.05, 0) is 32.9 Å². The fourth-order valence-corrected chi connectivity index (χ4v) is 1.98. The Hall–Kier alpha value is -1.71. The Morgan fingerprint density at radius 3 is 2.82 bits per heavy atom. The number of nitrogens with zero attached hydrogens (tertiary/aromatic N) is 1. The van der Waals surface area contributed by atoms with Crippen molar-refractivity contribution in [2.24, 2.45) is 5.41 Å². The summed E-state index contributed by atoms with van der Waals surface area (Å²) in [4.78, 5) is 14.1. The molecule has 0 bridgehead atoms. The topological polar surface area (TPSA) is 55.6 Å². The summed E-state index contributed by atoms with van der Waals surface area (Å²) in [6.07, 6.45) is 0. The quantitative estimate of drug-likeness (QED) is 0.756. The van der Waals surface area contributed by atoms with Gasteiger partial charge in [0.25, 0.3) is 0 Å². The highest BCUT2D eigenvalue weighted by Crippen LogP contribution is 2.37. The van der Waals surface area contributed by atoms with Crippen LogP contribution in [0.3, 0.4) is 0 Å². The minimum Gasteiger partial charge on any atom is -0.490 e. The van der Waals surface area contributed by atoms with Gasteiger partial charge in [-0.25, -0.2) is 0 Å². The maximum atomic E-state index is 12.4. The van der Waals surface area contributed by atoms with Crippen molar-refractivity contribution in [3.05, 3.63) is 18.2 Å². The van der Waals surface area contributed by atoms with Crippen LogP contribution in [0.4, 0.5) is 11.4 Å². The first-order valence-corrected chi connectivity index (χ1v) is 5.80. The van der Waals surface area contributed by atoms with E-state index in [9.17, 15) is 4.79 Å². The molecule has 2 rings (SSSR count). The number of benzene rings is 1. The summed E-state index contributed by atoms with van der Waals surface area (Å²) >= 11 is 0. The van der Waals surface area contributed by atoms with Gasteiger partial charge in [-0.1, -0.05) is 0 Å². The van der Waals surface area contributed by atoms with Gasteiger partial charge in [0.2, 0.25) is 5.91 Å². The lowest BCUT2D eigenvalue weighted by Gasteiger charge is -2.26. The zero-order chi connectivity index (χ0) is 12.6. The van der Waals surface area contributed by atoms with Crippen LogP contribution in [0.1, 0.15) is 20.8 Å². The molecule has 0 spiro atoms. The molecule has 0 radical (unpaired) electrons. The van der Waals surface area contributed by atoms with Crippen molar-refractivity contribution in [1.29, 1.82) is 0 Å². The van der Waals surface area contributed by atoms with Crippen molar-refractivity contribution in [2.45, 2.75) is 20.8 Å². The van der Waals surface area contributed by atoms with Gasteiger partial charge in [0, 0.05) is 18.3 Å². The molecule has 1 aromatic carbocycles. The fraction of sp³-hybridized carbons (Fsp3) is 0.462. The van der Waals surface area contributed by atoms with Crippen molar-refractivity contribution in [3.63, 3.8) is 0 Å². The van der Waals surface area contributed by atoms with Crippen molar-refractivity contribution >= 4 is 17.3 Å². The Morgan fingerprint density at radius 2 is 2.18 bits per heavy atom. The summed E-state index contributed by atoms with van der Waals surface area (Å²) in [5.74, 6) is 0.772. The minimum absolute atomic E-state index is 0.0866. The first kappa shape index (κ1) is 11.8. The Balaban J connectivity index is 2.52. The van der Waals surface area contributed by atoms with Crippen LogP contribution in [0.2, 0.25) is 0 Å². The monoisotopic (exact) mass is 234 g/mol. The second kappa shape index (κ2) is 3.95. The van der Waals surface area contributed by atoms with Crippen molar-refractivity contribution in [1.82, 2.24) is 0 Å². The zero-order valence-electron chi connectivity index (χ0n) is 10.5. The molecule has 0 aromatic heterocycles. The summed E-state index contributed by atoms with van der Waals surface area (Å²) in [7, 11) is 0. The molecule has 0 saturated heterocycles. The highest BCUT2D eigenvalue weighted by Gasteiger charge is 2.36. The lowest BCUT2D eigenvalue weighted by molar-refractivity contribution is -0.127. The predicted octanol–water partition coefficient (Wildman–Crippen LogP) is 2.04. The predicted molar refractivity (Wildman–Crippen MR) is 68.2 cm³/mol. The van der Waals surface area contributed by atoms with E-state index in [1.807, 2.05) is 26.8 Å². The highest BCUT2D eigenvalue weighted by molar-refractivity contribution is 5.99. The molecule has 0 saturated carbocycles. The zero-order valence-corrected chi connectivity index (χ0v) is 10.5. The standard InChI is InChI=1S/C13H18N2O2/c1-4-15-10-6-5-9(14)7-11(10)17-8-13(2,3)12(15)16/h5-7H,4,8,14H2,1-3H3. The number of carbonyl (C=O) groups excluding carboxylic acids is 1. The number of ether oxygens (including phenoxy) is 1. The molecule has 0 aliphatic carbocycles. The number of carbonyl (C=O) groups is 1. The van der Waals surface area contributed by atoms with Gasteiger partial charge in [-0.15, -0.1) is 0 Å². The van der Waals surface area contributed by atoms with E-state index in [1.54, 1.807) is 17.0 Å². The Morgan fingerprint density at radius 1 is 1.47 bits per heavy atom. The third kappa shape index (κ3) is 1.95. The highest BCUT2D eigenvalue weighted by atomic mass is 16.5. The average Bonchev–Trinajstić information content (AvgIpc) is 2.37. The van der Waals surface area contributed by atoms with Crippen LogP contribution in [0, 0.1) is 5.41 Å². The Labute approximate surface area is 101 Å². The second-order valence-corrected chi connectivity index (χ2v) is 4.95. The van der Waals surface area contributed by atoms with E-state index < -0.39 is 5.41 Å².